The van der Waals surface area contributed by atoms with Crippen molar-refractivity contribution in [1.82, 2.24) is 5.32 Å². The van der Waals surface area contributed by atoms with E-state index < -0.39 is 0 Å². The number of methoxy groups -OCH3 is 1. The van der Waals surface area contributed by atoms with Gasteiger partial charge in [0, 0.05) is 0 Å². The van der Waals surface area contributed by atoms with Gasteiger partial charge in [0.1, 0.15) is 0 Å². The normalized spacial score (nSPS) is 15.3. The predicted octanol–water partition coefficient (Wildman–Crippen LogP) is 3.68. The molecule has 3 nitrogen and oxygen atoms in total. The smallest absolute Gasteiger partial charge is 0.337 e. The minimum Gasteiger partial charge on any atom is -0.465 e. The summed E-state index contributed by atoms with van der Waals surface area (Å²) >= 11 is 0. The van der Waals surface area contributed by atoms with Gasteiger partial charge in [0.05, 0.1) is 12.7 Å². The molecular weight excluding hydrogens is 286 g/mol. The van der Waals surface area contributed by atoms with Crippen molar-refractivity contribution in [1.29, 1.82) is 0 Å². The maximum Gasteiger partial charge on any atom is 0.337 e. The lowest BCUT2D eigenvalue weighted by atomic mass is 9.90. The standard InChI is InChI=1S/C20H23NO2/c1-23-20(22)19-8-6-18(7-9-19)17-4-2-15(3-5-17)14-16-10-12-21-13-11-16/h2-9,16,21H,10-14H2,1H3. The van der Waals surface area contributed by atoms with Crippen LogP contribution < -0.4 is 5.32 Å². The topological polar surface area (TPSA) is 38.3 Å². The van der Waals surface area contributed by atoms with Crippen molar-refractivity contribution in [2.24, 2.45) is 5.92 Å². The van der Waals surface area contributed by atoms with E-state index in [-0.39, 0.29) is 5.97 Å². The van der Waals surface area contributed by atoms with E-state index in [1.165, 1.54) is 37.5 Å². The van der Waals surface area contributed by atoms with Gasteiger partial charge in [-0.1, -0.05) is 36.4 Å². The fraction of sp³-hybridized carbons (Fsp3) is 0.350. The number of rotatable bonds is 4. The number of esters is 1. The van der Waals surface area contributed by atoms with E-state index in [0.29, 0.717) is 5.56 Å². The highest BCUT2D eigenvalue weighted by molar-refractivity contribution is 5.89. The van der Waals surface area contributed by atoms with Gasteiger partial charge in [0.25, 0.3) is 0 Å². The summed E-state index contributed by atoms with van der Waals surface area (Å²) in [6.45, 7) is 2.30. The zero-order valence-electron chi connectivity index (χ0n) is 13.5. The first-order valence-electron chi connectivity index (χ1n) is 8.24. The molecule has 0 aliphatic carbocycles. The summed E-state index contributed by atoms with van der Waals surface area (Å²) in [5, 5.41) is 3.41. The molecule has 0 spiro atoms. The predicted molar refractivity (Wildman–Crippen MR) is 92.5 cm³/mol. The van der Waals surface area contributed by atoms with Gasteiger partial charge in [-0.2, -0.15) is 0 Å². The van der Waals surface area contributed by atoms with Gasteiger partial charge in [-0.15, -0.1) is 0 Å². The molecule has 1 heterocycles. The maximum atomic E-state index is 11.5. The van der Waals surface area contributed by atoms with E-state index in [0.717, 1.165) is 24.6 Å². The Hall–Kier alpha value is -2.13. The largest absolute Gasteiger partial charge is 0.465 e. The summed E-state index contributed by atoms with van der Waals surface area (Å²) in [4.78, 5) is 11.5. The van der Waals surface area contributed by atoms with Crippen LogP contribution in [0.25, 0.3) is 11.1 Å². The number of hydrogen-bond donors (Lipinski definition) is 1. The van der Waals surface area contributed by atoms with E-state index in [1.807, 2.05) is 24.3 Å². The minimum absolute atomic E-state index is 0.297. The first-order chi connectivity index (χ1) is 11.3. The van der Waals surface area contributed by atoms with Gasteiger partial charge in [-0.25, -0.2) is 4.79 Å². The van der Waals surface area contributed by atoms with Crippen molar-refractivity contribution in [3.05, 3.63) is 59.7 Å². The Bertz CT molecular complexity index is 640. The molecule has 1 saturated heterocycles. The van der Waals surface area contributed by atoms with Gasteiger partial charge in [-0.05, 0) is 67.1 Å². The van der Waals surface area contributed by atoms with E-state index in [9.17, 15) is 4.79 Å². The summed E-state index contributed by atoms with van der Waals surface area (Å²) < 4.78 is 4.73. The summed E-state index contributed by atoms with van der Waals surface area (Å²) in [6.07, 6.45) is 3.72. The Labute approximate surface area is 137 Å². The van der Waals surface area contributed by atoms with Gasteiger partial charge >= 0.3 is 5.97 Å². The van der Waals surface area contributed by atoms with Crippen LogP contribution in [0.3, 0.4) is 0 Å². The molecule has 120 valence electrons. The Morgan fingerprint density at radius 2 is 1.57 bits per heavy atom. The molecule has 0 atom stereocenters. The van der Waals surface area contributed by atoms with Crippen molar-refractivity contribution in [3.8, 4) is 11.1 Å². The highest BCUT2D eigenvalue weighted by Crippen LogP contribution is 2.23. The molecule has 0 amide bonds. The van der Waals surface area contributed by atoms with Crippen LogP contribution in [0.2, 0.25) is 0 Å². The average molecular weight is 309 g/mol. The van der Waals surface area contributed by atoms with Crippen LogP contribution in [0.1, 0.15) is 28.8 Å². The molecule has 0 unspecified atom stereocenters. The van der Waals surface area contributed by atoms with Crippen molar-refractivity contribution in [3.63, 3.8) is 0 Å². The maximum absolute atomic E-state index is 11.5. The zero-order valence-corrected chi connectivity index (χ0v) is 13.5. The zero-order chi connectivity index (χ0) is 16.1. The second-order valence-electron chi connectivity index (χ2n) is 6.16. The average Bonchev–Trinajstić information content (AvgIpc) is 2.63. The minimum atomic E-state index is -0.297. The Balaban J connectivity index is 1.67. The lowest BCUT2D eigenvalue weighted by Crippen LogP contribution is -2.28. The number of ether oxygens (including phenoxy) is 1. The Morgan fingerprint density at radius 1 is 1.00 bits per heavy atom. The molecule has 3 heteroatoms. The number of carbonyl (C=O) groups excluding carboxylic acids is 1. The third-order valence-corrected chi connectivity index (χ3v) is 4.58. The van der Waals surface area contributed by atoms with E-state index in [1.54, 1.807) is 0 Å². The quantitative estimate of drug-likeness (QED) is 0.876. The number of nitrogens with one attached hydrogen (secondary N) is 1. The summed E-state index contributed by atoms with van der Waals surface area (Å²) in [6, 6.07) is 16.3. The molecule has 23 heavy (non-hydrogen) atoms. The van der Waals surface area contributed by atoms with Crippen molar-refractivity contribution in [2.45, 2.75) is 19.3 Å². The van der Waals surface area contributed by atoms with E-state index >= 15 is 0 Å². The Kier molecular flexibility index (Phi) is 5.09. The van der Waals surface area contributed by atoms with Crippen LogP contribution in [0.4, 0.5) is 0 Å². The molecule has 0 aromatic heterocycles. The first-order valence-corrected chi connectivity index (χ1v) is 8.24. The lowest BCUT2D eigenvalue weighted by molar-refractivity contribution is 0.0601. The van der Waals surface area contributed by atoms with Crippen LogP contribution in [0.5, 0.6) is 0 Å². The third kappa shape index (κ3) is 3.99. The SMILES string of the molecule is COC(=O)c1ccc(-c2ccc(CC3CCNCC3)cc2)cc1. The molecule has 0 bridgehead atoms. The third-order valence-electron chi connectivity index (χ3n) is 4.58. The highest BCUT2D eigenvalue weighted by Gasteiger charge is 2.13. The lowest BCUT2D eigenvalue weighted by Gasteiger charge is -2.22. The number of hydrogen-bond acceptors (Lipinski definition) is 3. The van der Waals surface area contributed by atoms with Crippen LogP contribution in [-0.2, 0) is 11.2 Å². The van der Waals surface area contributed by atoms with Crippen molar-refractivity contribution >= 4 is 5.97 Å². The molecular formula is C20H23NO2. The first kappa shape index (κ1) is 15.8. The van der Waals surface area contributed by atoms with Crippen LogP contribution in [-0.4, -0.2) is 26.2 Å². The van der Waals surface area contributed by atoms with Crippen LogP contribution in [0, 0.1) is 5.92 Å². The molecule has 1 N–H and O–H groups in total. The van der Waals surface area contributed by atoms with Gasteiger partial charge in [0.15, 0.2) is 0 Å². The molecule has 1 fully saturated rings. The van der Waals surface area contributed by atoms with E-state index in [2.05, 4.69) is 29.6 Å². The molecule has 1 aliphatic rings. The molecule has 1 aliphatic heterocycles. The van der Waals surface area contributed by atoms with Crippen LogP contribution in [0.15, 0.2) is 48.5 Å². The molecule has 0 radical (unpaired) electrons. The monoisotopic (exact) mass is 309 g/mol. The molecule has 2 aromatic rings. The number of carbonyl (C=O) groups is 1. The molecule has 3 rings (SSSR count). The van der Waals surface area contributed by atoms with Crippen molar-refractivity contribution in [2.75, 3.05) is 20.2 Å². The second kappa shape index (κ2) is 7.42. The van der Waals surface area contributed by atoms with Crippen LogP contribution >= 0.6 is 0 Å². The number of piperidine rings is 1. The van der Waals surface area contributed by atoms with E-state index in [4.69, 9.17) is 4.74 Å². The highest BCUT2D eigenvalue weighted by atomic mass is 16.5. The number of benzene rings is 2. The molecule has 2 aromatic carbocycles. The summed E-state index contributed by atoms with van der Waals surface area (Å²) in [7, 11) is 1.40. The summed E-state index contributed by atoms with van der Waals surface area (Å²) in [5.74, 6) is 0.510. The fourth-order valence-electron chi connectivity index (χ4n) is 3.17. The van der Waals surface area contributed by atoms with Gasteiger partial charge in [-0.3, -0.25) is 0 Å². The Morgan fingerprint density at radius 3 is 2.13 bits per heavy atom. The summed E-state index contributed by atoms with van der Waals surface area (Å²) in [5.41, 5.74) is 4.28. The fourth-order valence-corrected chi connectivity index (χ4v) is 3.17. The second-order valence-corrected chi connectivity index (χ2v) is 6.16. The van der Waals surface area contributed by atoms with Gasteiger partial charge < -0.3 is 10.1 Å². The van der Waals surface area contributed by atoms with Gasteiger partial charge in [0.2, 0.25) is 0 Å². The van der Waals surface area contributed by atoms with Crippen molar-refractivity contribution < 1.29 is 9.53 Å². The molecule has 0 saturated carbocycles.